The Morgan fingerprint density at radius 3 is 2.00 bits per heavy atom. The van der Waals surface area contributed by atoms with Crippen molar-refractivity contribution in [1.29, 1.82) is 0 Å². The molecule has 0 aliphatic heterocycles. The summed E-state index contributed by atoms with van der Waals surface area (Å²) in [5, 5.41) is 5.07. The van der Waals surface area contributed by atoms with Gasteiger partial charge < -0.3 is 0 Å². The number of hydrogen-bond acceptors (Lipinski definition) is 2. The Balaban J connectivity index is 3.03. The highest BCUT2D eigenvalue weighted by atomic mass is 32.2. The lowest BCUT2D eigenvalue weighted by Crippen LogP contribution is -2.20. The van der Waals surface area contributed by atoms with Crippen molar-refractivity contribution in [3.05, 3.63) is 29.8 Å². The van der Waals surface area contributed by atoms with Gasteiger partial charge in [0.25, 0.3) is 0 Å². The molecule has 0 unspecified atom stereocenters. The lowest BCUT2D eigenvalue weighted by Gasteiger charge is -2.27. The van der Waals surface area contributed by atoms with Crippen molar-refractivity contribution < 1.29 is 8.42 Å². The Hall–Kier alpha value is -0.870. The Morgan fingerprint density at radius 2 is 1.65 bits per heavy atom. The average Bonchev–Trinajstić information content (AvgIpc) is 2.14. The summed E-state index contributed by atoms with van der Waals surface area (Å²) in [6.07, 6.45) is 1.06. The van der Waals surface area contributed by atoms with Crippen LogP contribution in [0.3, 0.4) is 0 Å². The molecule has 1 aromatic rings. The number of rotatable bonds is 4. The summed E-state index contributed by atoms with van der Waals surface area (Å²) >= 11 is 0. The number of benzene rings is 1. The lowest BCUT2D eigenvalue weighted by atomic mass is 9.78. The van der Waals surface area contributed by atoms with Gasteiger partial charge in [-0.2, -0.15) is 0 Å². The van der Waals surface area contributed by atoms with E-state index in [0.29, 0.717) is 5.92 Å². The Labute approximate surface area is 104 Å². The number of hydrogen-bond donors (Lipinski definition) is 1. The van der Waals surface area contributed by atoms with E-state index < -0.39 is 10.0 Å². The predicted octanol–water partition coefficient (Wildman–Crippen LogP) is 2.66. The number of primary sulfonamides is 1. The first kappa shape index (κ1) is 14.2. The summed E-state index contributed by atoms with van der Waals surface area (Å²) in [5.74, 6) is 0.600. The van der Waals surface area contributed by atoms with Gasteiger partial charge >= 0.3 is 0 Å². The van der Waals surface area contributed by atoms with Crippen LogP contribution in [0, 0.1) is 5.92 Å². The zero-order valence-electron chi connectivity index (χ0n) is 10.9. The summed E-state index contributed by atoms with van der Waals surface area (Å²) in [6, 6.07) is 6.85. The molecule has 0 saturated heterocycles. The molecule has 0 bridgehead atoms. The smallest absolute Gasteiger partial charge is 0.225 e. The van der Waals surface area contributed by atoms with E-state index in [4.69, 9.17) is 5.14 Å². The summed E-state index contributed by atoms with van der Waals surface area (Å²) in [7, 11) is -3.59. The SMILES string of the molecule is CC(C)CC(C)(C)c1ccc(S(N)(=O)=O)cc1. The van der Waals surface area contributed by atoms with Crippen LogP contribution in [-0.4, -0.2) is 8.42 Å². The van der Waals surface area contributed by atoms with E-state index in [0.717, 1.165) is 12.0 Å². The molecule has 2 N–H and O–H groups in total. The monoisotopic (exact) mass is 255 g/mol. The molecule has 1 rings (SSSR count). The van der Waals surface area contributed by atoms with Gasteiger partial charge in [-0.15, -0.1) is 0 Å². The Kier molecular flexibility index (Phi) is 3.99. The summed E-state index contributed by atoms with van der Waals surface area (Å²) in [4.78, 5) is 0.168. The Morgan fingerprint density at radius 1 is 1.18 bits per heavy atom. The minimum Gasteiger partial charge on any atom is -0.225 e. The van der Waals surface area contributed by atoms with E-state index >= 15 is 0 Å². The van der Waals surface area contributed by atoms with E-state index in [2.05, 4.69) is 27.7 Å². The molecular weight excluding hydrogens is 234 g/mol. The second kappa shape index (κ2) is 4.78. The van der Waals surface area contributed by atoms with Crippen LogP contribution in [0.5, 0.6) is 0 Å². The van der Waals surface area contributed by atoms with Crippen LogP contribution in [0.15, 0.2) is 29.2 Å². The van der Waals surface area contributed by atoms with Crippen molar-refractivity contribution in [3.8, 4) is 0 Å². The van der Waals surface area contributed by atoms with Gasteiger partial charge in [0.1, 0.15) is 0 Å². The molecule has 0 heterocycles. The fraction of sp³-hybridized carbons (Fsp3) is 0.538. The fourth-order valence-corrected chi connectivity index (χ4v) is 2.75. The largest absolute Gasteiger partial charge is 0.238 e. The molecule has 1 aromatic carbocycles. The first-order chi connectivity index (χ1) is 7.63. The average molecular weight is 255 g/mol. The van der Waals surface area contributed by atoms with Gasteiger partial charge in [0, 0.05) is 0 Å². The topological polar surface area (TPSA) is 60.2 Å². The van der Waals surface area contributed by atoms with Crippen LogP contribution in [-0.2, 0) is 15.4 Å². The van der Waals surface area contributed by atoms with Gasteiger partial charge in [-0.1, -0.05) is 39.8 Å². The maximum Gasteiger partial charge on any atom is 0.238 e. The van der Waals surface area contributed by atoms with Crippen molar-refractivity contribution in [2.24, 2.45) is 11.1 Å². The molecule has 0 atom stereocenters. The van der Waals surface area contributed by atoms with Gasteiger partial charge in [-0.3, -0.25) is 0 Å². The minimum absolute atomic E-state index is 0.0467. The van der Waals surface area contributed by atoms with Crippen molar-refractivity contribution >= 4 is 10.0 Å². The predicted molar refractivity (Wildman–Crippen MR) is 70.3 cm³/mol. The molecule has 3 nitrogen and oxygen atoms in total. The zero-order valence-corrected chi connectivity index (χ0v) is 11.7. The molecule has 0 aliphatic rings. The molecule has 0 aliphatic carbocycles. The third kappa shape index (κ3) is 3.82. The van der Waals surface area contributed by atoms with E-state index in [9.17, 15) is 8.42 Å². The van der Waals surface area contributed by atoms with Crippen LogP contribution < -0.4 is 5.14 Å². The summed E-state index contributed by atoms with van der Waals surface area (Å²) in [6.45, 7) is 8.69. The number of nitrogens with two attached hydrogens (primary N) is 1. The molecule has 0 fully saturated rings. The van der Waals surface area contributed by atoms with Gasteiger partial charge in [0.05, 0.1) is 4.90 Å². The molecule has 0 amide bonds. The first-order valence-electron chi connectivity index (χ1n) is 5.76. The van der Waals surface area contributed by atoms with Crippen molar-refractivity contribution in [2.75, 3.05) is 0 Å². The van der Waals surface area contributed by atoms with E-state index in [-0.39, 0.29) is 10.3 Å². The van der Waals surface area contributed by atoms with Crippen molar-refractivity contribution in [3.63, 3.8) is 0 Å². The van der Waals surface area contributed by atoms with Crippen LogP contribution in [0.1, 0.15) is 39.7 Å². The second-order valence-corrected chi connectivity index (χ2v) is 7.11. The van der Waals surface area contributed by atoms with E-state index in [1.807, 2.05) is 12.1 Å². The molecule has 0 aromatic heterocycles. The molecule has 17 heavy (non-hydrogen) atoms. The standard InChI is InChI=1S/C13H21NO2S/c1-10(2)9-13(3,4)11-5-7-12(8-6-11)17(14,15)16/h5-8,10H,9H2,1-4H3,(H2,14,15,16). The van der Waals surface area contributed by atoms with E-state index in [1.165, 1.54) is 0 Å². The van der Waals surface area contributed by atoms with Gasteiger partial charge in [0.2, 0.25) is 10.0 Å². The first-order valence-corrected chi connectivity index (χ1v) is 7.31. The Bertz CT molecular complexity index is 473. The molecule has 96 valence electrons. The quantitative estimate of drug-likeness (QED) is 0.899. The molecule has 0 radical (unpaired) electrons. The van der Waals surface area contributed by atoms with Crippen molar-refractivity contribution in [1.82, 2.24) is 0 Å². The molecule has 4 heteroatoms. The highest BCUT2D eigenvalue weighted by Crippen LogP contribution is 2.30. The van der Waals surface area contributed by atoms with Gasteiger partial charge in [-0.05, 0) is 35.4 Å². The van der Waals surface area contributed by atoms with Crippen molar-refractivity contribution in [2.45, 2.75) is 44.4 Å². The number of sulfonamides is 1. The summed E-state index contributed by atoms with van der Waals surface area (Å²) in [5.41, 5.74) is 1.18. The van der Waals surface area contributed by atoms with Gasteiger partial charge in [0.15, 0.2) is 0 Å². The van der Waals surface area contributed by atoms with Gasteiger partial charge in [-0.25, -0.2) is 13.6 Å². The third-order valence-electron chi connectivity index (χ3n) is 2.88. The van der Waals surface area contributed by atoms with E-state index in [1.54, 1.807) is 12.1 Å². The van der Waals surface area contributed by atoms with Crippen LogP contribution in [0.2, 0.25) is 0 Å². The molecular formula is C13H21NO2S. The molecule has 0 saturated carbocycles. The maximum atomic E-state index is 11.1. The lowest BCUT2D eigenvalue weighted by molar-refractivity contribution is 0.399. The van der Waals surface area contributed by atoms with Crippen LogP contribution in [0.25, 0.3) is 0 Å². The third-order valence-corrected chi connectivity index (χ3v) is 3.81. The zero-order chi connectivity index (χ0) is 13.3. The highest BCUT2D eigenvalue weighted by molar-refractivity contribution is 7.89. The maximum absolute atomic E-state index is 11.1. The van der Waals surface area contributed by atoms with Crippen LogP contribution >= 0.6 is 0 Å². The normalized spacial score (nSPS) is 13.1. The fourth-order valence-electron chi connectivity index (χ4n) is 2.23. The molecule has 0 spiro atoms. The highest BCUT2D eigenvalue weighted by Gasteiger charge is 2.22. The summed E-state index contributed by atoms with van der Waals surface area (Å²) < 4.78 is 22.3. The second-order valence-electron chi connectivity index (χ2n) is 5.55. The minimum atomic E-state index is -3.59. The van der Waals surface area contributed by atoms with Crippen LogP contribution in [0.4, 0.5) is 0 Å².